The quantitative estimate of drug-likeness (QED) is 0.364. The lowest BCUT2D eigenvalue weighted by Crippen LogP contribution is -2.24. The molecular weight excluding hydrogens is 380 g/mol. The molecule has 0 unspecified atom stereocenters. The van der Waals surface area contributed by atoms with E-state index in [0.717, 1.165) is 22.0 Å². The molecule has 6 rings (SSSR count). The van der Waals surface area contributed by atoms with Gasteiger partial charge in [0.25, 0.3) is 0 Å². The van der Waals surface area contributed by atoms with Crippen molar-refractivity contribution < 1.29 is 4.79 Å². The summed E-state index contributed by atoms with van der Waals surface area (Å²) in [5.74, 6) is 0.0436. The van der Waals surface area contributed by atoms with E-state index in [4.69, 9.17) is 0 Å². The molecule has 3 heteroatoms. The number of aromatic nitrogens is 1. The van der Waals surface area contributed by atoms with Gasteiger partial charge in [0.15, 0.2) is 0 Å². The van der Waals surface area contributed by atoms with Crippen LogP contribution in [0.3, 0.4) is 0 Å². The van der Waals surface area contributed by atoms with Gasteiger partial charge in [0.2, 0.25) is 5.91 Å². The average molecular weight is 402 g/mol. The third-order valence-corrected chi connectivity index (χ3v) is 6.43. The molecule has 5 aromatic carbocycles. The zero-order chi connectivity index (χ0) is 20.9. The van der Waals surface area contributed by atoms with Crippen LogP contribution in [0.15, 0.2) is 85.1 Å². The van der Waals surface area contributed by atoms with Crippen LogP contribution in [0.5, 0.6) is 0 Å². The van der Waals surface area contributed by atoms with Crippen LogP contribution in [0.4, 0.5) is 0 Å². The predicted octanol–water partition coefficient (Wildman–Crippen LogP) is 5.93. The fourth-order valence-corrected chi connectivity index (χ4v) is 4.95. The lowest BCUT2D eigenvalue weighted by molar-refractivity contribution is -0.120. The highest BCUT2D eigenvalue weighted by Crippen LogP contribution is 2.35. The van der Waals surface area contributed by atoms with Crippen LogP contribution in [0, 0.1) is 0 Å². The van der Waals surface area contributed by atoms with Crippen molar-refractivity contribution in [1.29, 1.82) is 0 Å². The highest BCUT2D eigenvalue weighted by Gasteiger charge is 2.13. The summed E-state index contributed by atoms with van der Waals surface area (Å²) in [4.78, 5) is 12.8. The molecular formula is C28H22N2O. The molecule has 0 aliphatic heterocycles. The van der Waals surface area contributed by atoms with Crippen LogP contribution < -0.4 is 5.32 Å². The first-order valence-corrected chi connectivity index (χ1v) is 10.6. The molecule has 31 heavy (non-hydrogen) atoms. The number of fused-ring (bicyclic) bond motifs is 1. The molecule has 0 saturated carbocycles. The average Bonchev–Trinajstić information content (AvgIpc) is 3.12. The molecule has 3 nitrogen and oxygen atoms in total. The topological polar surface area (TPSA) is 34.0 Å². The maximum atomic E-state index is 12.8. The van der Waals surface area contributed by atoms with E-state index in [1.54, 1.807) is 0 Å². The van der Waals surface area contributed by atoms with E-state index in [0.29, 0.717) is 13.0 Å². The van der Waals surface area contributed by atoms with Crippen molar-refractivity contribution in [1.82, 2.24) is 9.88 Å². The molecule has 0 atom stereocenters. The van der Waals surface area contributed by atoms with E-state index in [1.807, 2.05) is 19.2 Å². The molecule has 0 aliphatic carbocycles. The highest BCUT2D eigenvalue weighted by molar-refractivity contribution is 6.23. The lowest BCUT2D eigenvalue weighted by atomic mass is 9.92. The van der Waals surface area contributed by atoms with E-state index in [2.05, 4.69) is 82.8 Å². The molecule has 6 aromatic rings. The third-order valence-electron chi connectivity index (χ3n) is 6.43. The number of carbonyl (C=O) groups excluding carboxylic acids is 1. The molecule has 1 aromatic heterocycles. The zero-order valence-electron chi connectivity index (χ0n) is 17.4. The van der Waals surface area contributed by atoms with Crippen LogP contribution in [0.1, 0.15) is 11.1 Å². The van der Waals surface area contributed by atoms with Gasteiger partial charge in [0.1, 0.15) is 0 Å². The summed E-state index contributed by atoms with van der Waals surface area (Å²) >= 11 is 0. The number of carbonyl (C=O) groups is 1. The van der Waals surface area contributed by atoms with Crippen molar-refractivity contribution in [3.05, 3.63) is 96.2 Å². The summed E-state index contributed by atoms with van der Waals surface area (Å²) in [5, 5.41) is 11.9. The molecule has 0 aliphatic rings. The molecule has 0 spiro atoms. The lowest BCUT2D eigenvalue weighted by Gasteiger charge is -2.14. The van der Waals surface area contributed by atoms with Gasteiger partial charge in [-0.1, -0.05) is 72.8 Å². The van der Waals surface area contributed by atoms with E-state index < -0.39 is 0 Å². The standard InChI is InChI=1S/C28H22N2O/c1-30-17-22(23-7-2-3-8-25(23)30)15-26(31)29-16-21-12-11-20-10-9-18-5-4-6-19-13-14-24(21)28(20)27(18)19/h2-14,17H,15-16H2,1H3,(H,29,31). The minimum Gasteiger partial charge on any atom is -0.352 e. The Balaban J connectivity index is 1.31. The van der Waals surface area contributed by atoms with E-state index in [1.165, 1.54) is 32.3 Å². The number of para-hydroxylation sites is 1. The Bertz CT molecular complexity index is 1580. The minimum absolute atomic E-state index is 0.0436. The zero-order valence-corrected chi connectivity index (χ0v) is 17.4. The number of nitrogens with one attached hydrogen (secondary N) is 1. The van der Waals surface area contributed by atoms with Crippen LogP contribution in [-0.4, -0.2) is 10.5 Å². The fraction of sp³-hybridized carbons (Fsp3) is 0.107. The number of benzene rings is 5. The maximum Gasteiger partial charge on any atom is 0.224 e. The summed E-state index contributed by atoms with van der Waals surface area (Å²) in [5.41, 5.74) is 3.36. The van der Waals surface area contributed by atoms with Gasteiger partial charge < -0.3 is 9.88 Å². The molecule has 1 amide bonds. The van der Waals surface area contributed by atoms with Gasteiger partial charge in [0.05, 0.1) is 6.42 Å². The number of nitrogens with zero attached hydrogens (tertiary/aromatic N) is 1. The number of amides is 1. The molecule has 0 saturated heterocycles. The molecule has 1 heterocycles. The number of hydrogen-bond donors (Lipinski definition) is 1. The molecule has 150 valence electrons. The van der Waals surface area contributed by atoms with Crippen LogP contribution in [0.2, 0.25) is 0 Å². The first-order valence-electron chi connectivity index (χ1n) is 10.6. The van der Waals surface area contributed by atoms with Gasteiger partial charge in [-0.3, -0.25) is 4.79 Å². The van der Waals surface area contributed by atoms with Gasteiger partial charge in [-0.25, -0.2) is 0 Å². The van der Waals surface area contributed by atoms with Crippen LogP contribution in [0.25, 0.3) is 43.2 Å². The Labute approximate surface area is 180 Å². The molecule has 1 N–H and O–H groups in total. The first kappa shape index (κ1) is 18.0. The Morgan fingerprint density at radius 3 is 2.29 bits per heavy atom. The predicted molar refractivity (Wildman–Crippen MR) is 129 cm³/mol. The number of hydrogen-bond acceptors (Lipinski definition) is 1. The van der Waals surface area contributed by atoms with Crippen molar-refractivity contribution in [2.75, 3.05) is 0 Å². The Hall–Kier alpha value is -3.85. The van der Waals surface area contributed by atoms with E-state index in [9.17, 15) is 4.79 Å². The highest BCUT2D eigenvalue weighted by atomic mass is 16.1. The van der Waals surface area contributed by atoms with Crippen molar-refractivity contribution in [3.8, 4) is 0 Å². The minimum atomic E-state index is 0.0436. The second-order valence-electron chi connectivity index (χ2n) is 8.32. The normalized spacial score (nSPS) is 11.8. The van der Waals surface area contributed by atoms with Gasteiger partial charge in [0, 0.05) is 30.7 Å². The SMILES string of the molecule is Cn1cc(CC(=O)NCc2ccc3ccc4cccc5ccc2c3c45)c2ccccc21. The smallest absolute Gasteiger partial charge is 0.224 e. The van der Waals surface area contributed by atoms with Gasteiger partial charge in [-0.15, -0.1) is 0 Å². The summed E-state index contributed by atoms with van der Waals surface area (Å²) in [7, 11) is 2.02. The Morgan fingerprint density at radius 2 is 1.45 bits per heavy atom. The van der Waals surface area contributed by atoms with E-state index in [-0.39, 0.29) is 5.91 Å². The van der Waals surface area contributed by atoms with Crippen molar-refractivity contribution >= 4 is 49.1 Å². The Kier molecular flexibility index (Phi) is 3.97. The molecule has 0 radical (unpaired) electrons. The van der Waals surface area contributed by atoms with Crippen LogP contribution >= 0.6 is 0 Å². The molecule has 0 bridgehead atoms. The number of aryl methyl sites for hydroxylation is 1. The van der Waals surface area contributed by atoms with E-state index >= 15 is 0 Å². The summed E-state index contributed by atoms with van der Waals surface area (Å²) < 4.78 is 2.08. The second-order valence-corrected chi connectivity index (χ2v) is 8.32. The van der Waals surface area contributed by atoms with Crippen molar-refractivity contribution in [2.24, 2.45) is 7.05 Å². The summed E-state index contributed by atoms with van der Waals surface area (Å²) in [6.07, 6.45) is 2.44. The molecule has 0 fully saturated rings. The second kappa shape index (κ2) is 6.85. The van der Waals surface area contributed by atoms with Crippen molar-refractivity contribution in [2.45, 2.75) is 13.0 Å². The van der Waals surface area contributed by atoms with Crippen molar-refractivity contribution in [3.63, 3.8) is 0 Å². The monoisotopic (exact) mass is 402 g/mol. The summed E-state index contributed by atoms with van der Waals surface area (Å²) in [6, 6.07) is 27.7. The summed E-state index contributed by atoms with van der Waals surface area (Å²) in [6.45, 7) is 0.526. The largest absolute Gasteiger partial charge is 0.352 e. The van der Waals surface area contributed by atoms with Crippen LogP contribution in [-0.2, 0) is 24.8 Å². The maximum absolute atomic E-state index is 12.8. The van der Waals surface area contributed by atoms with Gasteiger partial charge in [-0.05, 0) is 49.5 Å². The van der Waals surface area contributed by atoms with Gasteiger partial charge in [-0.2, -0.15) is 0 Å². The Morgan fingerprint density at radius 1 is 0.742 bits per heavy atom. The fourth-order valence-electron chi connectivity index (χ4n) is 4.95. The third kappa shape index (κ3) is 2.85. The first-order chi connectivity index (χ1) is 15.2. The number of rotatable bonds is 4. The van der Waals surface area contributed by atoms with Gasteiger partial charge >= 0.3 is 0 Å².